The van der Waals surface area contributed by atoms with Crippen LogP contribution in [0, 0.1) is 0 Å². The SMILES string of the molecule is CCCNC(C)(CC(C)N1CCC(N(C)C)C1)C(N)=O. The van der Waals surface area contributed by atoms with Gasteiger partial charge in [0.1, 0.15) is 0 Å². The Labute approximate surface area is 123 Å². The van der Waals surface area contributed by atoms with Crippen LogP contribution in [0.15, 0.2) is 0 Å². The fourth-order valence-corrected chi connectivity index (χ4v) is 2.97. The number of likely N-dealkylation sites (tertiary alicyclic amines) is 1. The fourth-order valence-electron chi connectivity index (χ4n) is 2.97. The fraction of sp³-hybridized carbons (Fsp3) is 0.933. The summed E-state index contributed by atoms with van der Waals surface area (Å²) >= 11 is 0. The molecule has 1 fully saturated rings. The van der Waals surface area contributed by atoms with Crippen molar-refractivity contribution in [2.45, 2.75) is 57.7 Å². The molecule has 1 aliphatic heterocycles. The first-order valence-electron chi connectivity index (χ1n) is 7.75. The van der Waals surface area contributed by atoms with Gasteiger partial charge in [-0.05, 0) is 53.8 Å². The molecule has 1 saturated heterocycles. The van der Waals surface area contributed by atoms with E-state index in [1.165, 1.54) is 6.42 Å². The van der Waals surface area contributed by atoms with Crippen molar-refractivity contribution in [1.29, 1.82) is 0 Å². The summed E-state index contributed by atoms with van der Waals surface area (Å²) in [5, 5.41) is 3.32. The molecule has 5 nitrogen and oxygen atoms in total. The zero-order valence-electron chi connectivity index (χ0n) is 13.8. The van der Waals surface area contributed by atoms with Crippen LogP contribution in [0.25, 0.3) is 0 Å². The van der Waals surface area contributed by atoms with Gasteiger partial charge < -0.3 is 16.0 Å². The van der Waals surface area contributed by atoms with Crippen LogP contribution in [0.2, 0.25) is 0 Å². The Balaban J connectivity index is 2.58. The van der Waals surface area contributed by atoms with E-state index in [-0.39, 0.29) is 5.91 Å². The molecule has 1 amide bonds. The first-order valence-corrected chi connectivity index (χ1v) is 7.75. The molecule has 0 aromatic rings. The van der Waals surface area contributed by atoms with Gasteiger partial charge in [-0.3, -0.25) is 9.69 Å². The molecule has 118 valence electrons. The predicted molar refractivity (Wildman–Crippen MR) is 83.6 cm³/mol. The first-order chi connectivity index (χ1) is 9.30. The molecule has 0 aliphatic carbocycles. The van der Waals surface area contributed by atoms with Crippen LogP contribution in [-0.4, -0.2) is 67.1 Å². The van der Waals surface area contributed by atoms with Gasteiger partial charge in [0.15, 0.2) is 0 Å². The molecule has 0 aromatic carbocycles. The molecule has 0 saturated carbocycles. The number of carbonyl (C=O) groups excluding carboxylic acids is 1. The van der Waals surface area contributed by atoms with E-state index in [0.717, 1.165) is 32.5 Å². The molecule has 0 bridgehead atoms. The smallest absolute Gasteiger partial charge is 0.237 e. The van der Waals surface area contributed by atoms with Crippen molar-refractivity contribution in [3.05, 3.63) is 0 Å². The average molecular weight is 284 g/mol. The van der Waals surface area contributed by atoms with Crippen molar-refractivity contribution in [3.63, 3.8) is 0 Å². The van der Waals surface area contributed by atoms with Gasteiger partial charge in [-0.2, -0.15) is 0 Å². The Bertz CT molecular complexity index is 321. The second-order valence-corrected chi connectivity index (χ2v) is 6.58. The summed E-state index contributed by atoms with van der Waals surface area (Å²) in [5.74, 6) is -0.249. The molecule has 20 heavy (non-hydrogen) atoms. The van der Waals surface area contributed by atoms with Crippen molar-refractivity contribution >= 4 is 5.91 Å². The normalized spacial score (nSPS) is 24.8. The second-order valence-electron chi connectivity index (χ2n) is 6.58. The number of nitrogens with two attached hydrogens (primary N) is 1. The topological polar surface area (TPSA) is 61.6 Å². The highest BCUT2D eigenvalue weighted by molar-refractivity contribution is 5.84. The summed E-state index contributed by atoms with van der Waals surface area (Å²) in [7, 11) is 4.27. The van der Waals surface area contributed by atoms with Crippen molar-refractivity contribution in [1.82, 2.24) is 15.1 Å². The quantitative estimate of drug-likeness (QED) is 0.687. The summed E-state index contributed by atoms with van der Waals surface area (Å²) in [6.45, 7) is 9.24. The monoisotopic (exact) mass is 284 g/mol. The highest BCUT2D eigenvalue weighted by atomic mass is 16.1. The van der Waals surface area contributed by atoms with Crippen LogP contribution in [0.1, 0.15) is 40.0 Å². The largest absolute Gasteiger partial charge is 0.368 e. The van der Waals surface area contributed by atoms with E-state index >= 15 is 0 Å². The maximum Gasteiger partial charge on any atom is 0.237 e. The third-order valence-corrected chi connectivity index (χ3v) is 4.56. The highest BCUT2D eigenvalue weighted by Gasteiger charge is 2.35. The van der Waals surface area contributed by atoms with Crippen molar-refractivity contribution in [3.8, 4) is 0 Å². The van der Waals surface area contributed by atoms with Crippen molar-refractivity contribution < 1.29 is 4.79 Å². The van der Waals surface area contributed by atoms with Crippen LogP contribution in [0.3, 0.4) is 0 Å². The molecular weight excluding hydrogens is 252 g/mol. The first kappa shape index (κ1) is 17.4. The molecule has 0 aromatic heterocycles. The molecule has 3 N–H and O–H groups in total. The van der Waals surface area contributed by atoms with Gasteiger partial charge in [-0.1, -0.05) is 6.92 Å². The minimum atomic E-state index is -0.606. The minimum absolute atomic E-state index is 0.249. The van der Waals surface area contributed by atoms with Crippen molar-refractivity contribution in [2.75, 3.05) is 33.7 Å². The standard InChI is InChI=1S/C15H32N4O/c1-6-8-17-15(3,14(16)20)10-12(2)19-9-7-13(11-19)18(4)5/h12-13,17H,6-11H2,1-5H3,(H2,16,20). The maximum atomic E-state index is 11.8. The van der Waals surface area contributed by atoms with E-state index in [4.69, 9.17) is 5.73 Å². The molecule has 1 aliphatic rings. The van der Waals surface area contributed by atoms with Gasteiger partial charge in [0.25, 0.3) is 0 Å². The second kappa shape index (κ2) is 7.38. The molecule has 5 heteroatoms. The van der Waals surface area contributed by atoms with Crippen LogP contribution in [-0.2, 0) is 4.79 Å². The maximum absolute atomic E-state index is 11.8. The third-order valence-electron chi connectivity index (χ3n) is 4.56. The Kier molecular flexibility index (Phi) is 6.43. The number of likely N-dealkylation sites (N-methyl/N-ethyl adjacent to an activating group) is 1. The summed E-state index contributed by atoms with van der Waals surface area (Å²) in [6.07, 6.45) is 2.97. The summed E-state index contributed by atoms with van der Waals surface area (Å²) in [4.78, 5) is 16.5. The van der Waals surface area contributed by atoms with Gasteiger partial charge in [0.05, 0.1) is 5.54 Å². The van der Waals surface area contributed by atoms with Crippen LogP contribution in [0.4, 0.5) is 0 Å². The lowest BCUT2D eigenvalue weighted by Crippen LogP contribution is -2.56. The highest BCUT2D eigenvalue weighted by Crippen LogP contribution is 2.22. The Morgan fingerprint density at radius 3 is 2.65 bits per heavy atom. The zero-order valence-corrected chi connectivity index (χ0v) is 13.8. The van der Waals surface area contributed by atoms with Gasteiger partial charge in [-0.15, -0.1) is 0 Å². The van der Waals surface area contributed by atoms with E-state index in [0.29, 0.717) is 12.1 Å². The van der Waals surface area contributed by atoms with Crippen LogP contribution < -0.4 is 11.1 Å². The van der Waals surface area contributed by atoms with Crippen LogP contribution in [0.5, 0.6) is 0 Å². The summed E-state index contributed by atoms with van der Waals surface area (Å²) in [5.41, 5.74) is 5.00. The number of rotatable bonds is 8. The van der Waals surface area contributed by atoms with Gasteiger partial charge in [-0.25, -0.2) is 0 Å². The number of nitrogens with zero attached hydrogens (tertiary/aromatic N) is 2. The number of primary amides is 1. The summed E-state index contributed by atoms with van der Waals surface area (Å²) < 4.78 is 0. The lowest BCUT2D eigenvalue weighted by Gasteiger charge is -2.34. The van der Waals surface area contributed by atoms with E-state index in [1.54, 1.807) is 0 Å². The van der Waals surface area contributed by atoms with E-state index in [2.05, 4.69) is 43.1 Å². The number of amides is 1. The van der Waals surface area contributed by atoms with Gasteiger partial charge in [0, 0.05) is 25.2 Å². The molecule has 1 rings (SSSR count). The lowest BCUT2D eigenvalue weighted by molar-refractivity contribution is -0.124. The Hall–Kier alpha value is -0.650. The zero-order chi connectivity index (χ0) is 15.3. The van der Waals surface area contributed by atoms with Crippen molar-refractivity contribution in [2.24, 2.45) is 5.73 Å². The molecule has 3 unspecified atom stereocenters. The third kappa shape index (κ3) is 4.43. The van der Waals surface area contributed by atoms with E-state index in [1.807, 2.05) is 6.92 Å². The Morgan fingerprint density at radius 1 is 1.55 bits per heavy atom. The number of nitrogens with one attached hydrogen (secondary N) is 1. The average Bonchev–Trinajstić information content (AvgIpc) is 2.86. The number of hydrogen-bond acceptors (Lipinski definition) is 4. The molecular formula is C15H32N4O. The van der Waals surface area contributed by atoms with E-state index in [9.17, 15) is 4.79 Å². The molecule has 3 atom stereocenters. The summed E-state index contributed by atoms with van der Waals surface area (Å²) in [6, 6.07) is 0.989. The number of carbonyl (C=O) groups is 1. The van der Waals surface area contributed by atoms with Crippen LogP contribution >= 0.6 is 0 Å². The molecule has 0 spiro atoms. The molecule has 1 heterocycles. The van der Waals surface area contributed by atoms with Gasteiger partial charge in [0.2, 0.25) is 5.91 Å². The Morgan fingerprint density at radius 2 is 2.20 bits per heavy atom. The van der Waals surface area contributed by atoms with E-state index < -0.39 is 5.54 Å². The lowest BCUT2D eigenvalue weighted by atomic mass is 9.92. The van der Waals surface area contributed by atoms with Gasteiger partial charge >= 0.3 is 0 Å². The predicted octanol–water partition coefficient (Wildman–Crippen LogP) is 0.645. The number of hydrogen-bond donors (Lipinski definition) is 2. The molecule has 0 radical (unpaired) electrons. The minimum Gasteiger partial charge on any atom is -0.368 e.